The van der Waals surface area contributed by atoms with Gasteiger partial charge in [-0.3, -0.25) is 0 Å². The summed E-state index contributed by atoms with van der Waals surface area (Å²) in [5, 5.41) is 0. The van der Waals surface area contributed by atoms with Crippen molar-refractivity contribution < 1.29 is 18.1 Å². The molecule has 0 saturated carbocycles. The number of hydrogen-bond acceptors (Lipinski definition) is 4. The van der Waals surface area contributed by atoms with E-state index in [1.165, 1.54) is 0 Å². The lowest BCUT2D eigenvalue weighted by Crippen LogP contribution is -2.04. The largest absolute Gasteiger partial charge is 0.646 e. The standard InChI is InChI=1S/C21H39O4P/c1-10-16(7)19(13-4)23-26(22,24-20(14-5)17(8)11-2)25-21(15-6)18(9)12-3/h10-15H2,1-9H3/b19-16+,20-17+,21-18+. The maximum absolute atomic E-state index is 13.6. The first-order valence-electron chi connectivity index (χ1n) is 9.96. The van der Waals surface area contributed by atoms with Crippen LogP contribution in [-0.4, -0.2) is 0 Å². The zero-order valence-corrected chi connectivity index (χ0v) is 19.2. The topological polar surface area (TPSA) is 44.8 Å². The summed E-state index contributed by atoms with van der Waals surface area (Å²) in [7, 11) is -3.81. The van der Waals surface area contributed by atoms with Crippen molar-refractivity contribution in [2.45, 2.75) is 101 Å². The van der Waals surface area contributed by atoms with Gasteiger partial charge in [0.2, 0.25) is 0 Å². The van der Waals surface area contributed by atoms with Crippen LogP contribution in [0.2, 0.25) is 0 Å². The molecule has 0 unspecified atom stereocenters. The normalized spacial score (nSPS) is 15.0. The van der Waals surface area contributed by atoms with Gasteiger partial charge in [-0.25, -0.2) is 0 Å². The Balaban J connectivity index is 6.06. The molecule has 152 valence electrons. The van der Waals surface area contributed by atoms with Crippen LogP contribution in [0, 0.1) is 0 Å². The minimum atomic E-state index is -3.81. The van der Waals surface area contributed by atoms with Gasteiger partial charge in [0.05, 0.1) is 0 Å². The molecule has 0 rings (SSSR count). The molecule has 0 aliphatic carbocycles. The average molecular weight is 387 g/mol. The van der Waals surface area contributed by atoms with Crippen molar-refractivity contribution in [3.05, 3.63) is 34.0 Å². The summed E-state index contributed by atoms with van der Waals surface area (Å²) in [5.74, 6) is 2.06. The molecule has 0 atom stereocenters. The second-order valence-electron chi connectivity index (χ2n) is 6.45. The van der Waals surface area contributed by atoms with Gasteiger partial charge >= 0.3 is 7.82 Å². The second kappa shape index (κ2) is 12.3. The summed E-state index contributed by atoms with van der Waals surface area (Å²) in [6.07, 6.45) is 4.43. The van der Waals surface area contributed by atoms with E-state index in [4.69, 9.17) is 13.6 Å². The van der Waals surface area contributed by atoms with Gasteiger partial charge in [0, 0.05) is 19.3 Å². The van der Waals surface area contributed by atoms with Crippen molar-refractivity contribution in [1.82, 2.24) is 0 Å². The Morgan fingerprint density at radius 3 is 0.923 bits per heavy atom. The maximum atomic E-state index is 13.6. The molecule has 0 aromatic rings. The van der Waals surface area contributed by atoms with Crippen LogP contribution in [0.4, 0.5) is 0 Å². The smallest absolute Gasteiger partial charge is 0.391 e. The fourth-order valence-electron chi connectivity index (χ4n) is 2.39. The third kappa shape index (κ3) is 7.61. The van der Waals surface area contributed by atoms with Gasteiger partial charge in [-0.15, -0.1) is 0 Å². The van der Waals surface area contributed by atoms with Crippen LogP contribution in [0.25, 0.3) is 0 Å². The van der Waals surface area contributed by atoms with Crippen molar-refractivity contribution in [2.24, 2.45) is 0 Å². The monoisotopic (exact) mass is 386 g/mol. The third-order valence-corrected chi connectivity index (χ3v) is 5.98. The van der Waals surface area contributed by atoms with E-state index in [2.05, 4.69) is 20.8 Å². The Labute approximate surface area is 161 Å². The van der Waals surface area contributed by atoms with E-state index in [0.717, 1.165) is 36.0 Å². The molecule has 0 aromatic carbocycles. The zero-order valence-electron chi connectivity index (χ0n) is 18.3. The van der Waals surface area contributed by atoms with Crippen LogP contribution in [0.3, 0.4) is 0 Å². The zero-order chi connectivity index (χ0) is 20.3. The Morgan fingerprint density at radius 1 is 0.538 bits per heavy atom. The van der Waals surface area contributed by atoms with Crippen molar-refractivity contribution in [3.8, 4) is 0 Å². The quantitative estimate of drug-likeness (QED) is 0.249. The number of phosphoric acid groups is 1. The van der Waals surface area contributed by atoms with Gasteiger partial charge in [0.1, 0.15) is 17.3 Å². The Bertz CT molecular complexity index is 504. The highest BCUT2D eigenvalue weighted by atomic mass is 31.2. The van der Waals surface area contributed by atoms with Gasteiger partial charge in [0.25, 0.3) is 0 Å². The van der Waals surface area contributed by atoms with Gasteiger partial charge in [-0.2, -0.15) is 4.57 Å². The molecule has 0 aliphatic heterocycles. The molecular weight excluding hydrogens is 347 g/mol. The molecule has 0 spiro atoms. The molecule has 0 radical (unpaired) electrons. The molecule has 26 heavy (non-hydrogen) atoms. The minimum absolute atomic E-state index is 0.645. The fourth-order valence-corrected chi connectivity index (χ4v) is 4.16. The molecule has 0 bridgehead atoms. The lowest BCUT2D eigenvalue weighted by atomic mass is 10.2. The van der Waals surface area contributed by atoms with E-state index in [1.807, 2.05) is 41.5 Å². The van der Waals surface area contributed by atoms with Crippen LogP contribution in [0.15, 0.2) is 34.0 Å². The van der Waals surface area contributed by atoms with Crippen LogP contribution >= 0.6 is 7.82 Å². The summed E-state index contributed by atoms with van der Waals surface area (Å²) in [6, 6.07) is 0. The maximum Gasteiger partial charge on any atom is 0.646 e. The number of phosphoric ester groups is 1. The van der Waals surface area contributed by atoms with Crippen molar-refractivity contribution in [2.75, 3.05) is 0 Å². The second-order valence-corrected chi connectivity index (χ2v) is 7.90. The van der Waals surface area contributed by atoms with E-state index in [1.54, 1.807) is 0 Å². The summed E-state index contributed by atoms with van der Waals surface area (Å²) in [4.78, 5) is 0. The number of allylic oxidation sites excluding steroid dienone is 6. The van der Waals surface area contributed by atoms with Crippen LogP contribution in [0.5, 0.6) is 0 Å². The molecule has 0 N–H and O–H groups in total. The Morgan fingerprint density at radius 2 is 0.769 bits per heavy atom. The van der Waals surface area contributed by atoms with E-state index in [0.29, 0.717) is 36.5 Å². The molecule has 0 fully saturated rings. The first-order valence-corrected chi connectivity index (χ1v) is 11.4. The van der Waals surface area contributed by atoms with E-state index in [9.17, 15) is 4.57 Å². The first-order chi connectivity index (χ1) is 12.2. The van der Waals surface area contributed by atoms with Crippen LogP contribution < -0.4 is 0 Å². The lowest BCUT2D eigenvalue weighted by molar-refractivity contribution is 0.181. The van der Waals surface area contributed by atoms with Gasteiger partial charge in [-0.05, 0) is 56.8 Å². The van der Waals surface area contributed by atoms with Crippen LogP contribution in [-0.2, 0) is 18.1 Å². The molecule has 0 heterocycles. The molecule has 4 nitrogen and oxygen atoms in total. The van der Waals surface area contributed by atoms with E-state index in [-0.39, 0.29) is 0 Å². The predicted molar refractivity (Wildman–Crippen MR) is 111 cm³/mol. The average Bonchev–Trinajstić information content (AvgIpc) is 2.66. The lowest BCUT2D eigenvalue weighted by Gasteiger charge is -2.25. The molecule has 0 aliphatic rings. The Hall–Kier alpha value is -1.15. The fraction of sp³-hybridized carbons (Fsp3) is 0.714. The number of hydrogen-bond donors (Lipinski definition) is 0. The highest BCUT2D eigenvalue weighted by Crippen LogP contribution is 2.57. The number of rotatable bonds is 12. The molecule has 0 saturated heterocycles. The minimum Gasteiger partial charge on any atom is -0.391 e. The SMILES string of the molecule is CC/C(C)=C(\CC)OP(=O)(O/C(CC)=C(\C)CC)O/C(CC)=C(\C)CC. The molecule has 0 aromatic heterocycles. The molecule has 0 amide bonds. The van der Waals surface area contributed by atoms with Gasteiger partial charge in [0.15, 0.2) is 0 Å². The van der Waals surface area contributed by atoms with E-state index < -0.39 is 7.82 Å². The molecular formula is C21H39O4P. The van der Waals surface area contributed by atoms with Gasteiger partial charge < -0.3 is 13.6 Å². The molecule has 5 heteroatoms. The summed E-state index contributed by atoms with van der Waals surface area (Å²) in [6.45, 7) is 18.1. The highest BCUT2D eigenvalue weighted by molar-refractivity contribution is 7.48. The Kier molecular flexibility index (Phi) is 11.7. The first kappa shape index (κ1) is 24.8. The van der Waals surface area contributed by atoms with Crippen molar-refractivity contribution in [1.29, 1.82) is 0 Å². The third-order valence-electron chi connectivity index (χ3n) is 4.65. The van der Waals surface area contributed by atoms with Crippen LogP contribution in [0.1, 0.15) is 101 Å². The van der Waals surface area contributed by atoms with Crippen molar-refractivity contribution in [3.63, 3.8) is 0 Å². The van der Waals surface area contributed by atoms with Crippen molar-refractivity contribution >= 4 is 7.82 Å². The summed E-state index contributed by atoms with van der Waals surface area (Å²) < 4.78 is 31.4. The summed E-state index contributed by atoms with van der Waals surface area (Å²) in [5.41, 5.74) is 3.18. The highest BCUT2D eigenvalue weighted by Gasteiger charge is 2.35. The van der Waals surface area contributed by atoms with E-state index >= 15 is 0 Å². The predicted octanol–water partition coefficient (Wildman–Crippen LogP) is 8.43. The summed E-state index contributed by atoms with van der Waals surface area (Å²) >= 11 is 0. The van der Waals surface area contributed by atoms with Gasteiger partial charge in [-0.1, -0.05) is 41.5 Å².